The van der Waals surface area contributed by atoms with Gasteiger partial charge in [0.1, 0.15) is 23.4 Å². The Morgan fingerprint density at radius 2 is 1.50 bits per heavy atom. The molecule has 3 N–H and O–H groups in total. The van der Waals surface area contributed by atoms with Gasteiger partial charge in [0.05, 0.1) is 12.2 Å². The molecule has 0 aliphatic heterocycles. The molecule has 0 spiro atoms. The van der Waals surface area contributed by atoms with Crippen molar-refractivity contribution in [3.8, 4) is 11.5 Å². The van der Waals surface area contributed by atoms with Crippen LogP contribution in [0.1, 0.15) is 38.1 Å². The Bertz CT molecular complexity index is 933. The Kier molecular flexibility index (Phi) is 9.00. The molecule has 0 saturated heterocycles. The van der Waals surface area contributed by atoms with Crippen molar-refractivity contribution in [1.29, 1.82) is 0 Å². The summed E-state index contributed by atoms with van der Waals surface area (Å²) >= 11 is 0. The van der Waals surface area contributed by atoms with Gasteiger partial charge in [0.15, 0.2) is 6.10 Å². The van der Waals surface area contributed by atoms with Gasteiger partial charge < -0.3 is 14.8 Å². The highest BCUT2D eigenvalue weighted by Crippen LogP contribution is 2.18. The molecule has 2 aromatic carbocycles. The summed E-state index contributed by atoms with van der Waals surface area (Å²) in [5, 5.41) is 2.50. The van der Waals surface area contributed by atoms with Gasteiger partial charge in [-0.3, -0.25) is 25.2 Å². The summed E-state index contributed by atoms with van der Waals surface area (Å²) in [6.07, 6.45) is -0.904. The number of benzene rings is 2. The van der Waals surface area contributed by atoms with Gasteiger partial charge in [-0.25, -0.2) is 4.39 Å². The monoisotopic (exact) mass is 445 g/mol. The zero-order valence-corrected chi connectivity index (χ0v) is 18.5. The molecule has 3 amide bonds. The van der Waals surface area contributed by atoms with E-state index in [0.29, 0.717) is 18.1 Å². The zero-order valence-electron chi connectivity index (χ0n) is 18.5. The minimum Gasteiger partial charge on any atom is -0.494 e. The first kappa shape index (κ1) is 24.6. The number of carbonyl (C=O) groups is 3. The quantitative estimate of drug-likeness (QED) is 0.515. The molecule has 0 aliphatic carbocycles. The predicted molar refractivity (Wildman–Crippen MR) is 116 cm³/mol. The van der Waals surface area contributed by atoms with Crippen molar-refractivity contribution < 1.29 is 28.2 Å². The van der Waals surface area contributed by atoms with Crippen molar-refractivity contribution in [3.63, 3.8) is 0 Å². The number of rotatable bonds is 9. The molecule has 0 radical (unpaired) electrons. The predicted octanol–water partition coefficient (Wildman–Crippen LogP) is 2.59. The standard InChI is InChI=1S/C23H28FN3O5/c1-5-31-16-10-12-17(13-11-16)32-15(4)21(28)26-27-23(30)20(14(2)3)25-22(29)18-8-6-7-9-19(18)24/h6-15,20H,5H2,1-4H3,(H,25,29)(H,26,28)(H,27,30). The van der Waals surface area contributed by atoms with Gasteiger partial charge in [-0.2, -0.15) is 0 Å². The lowest BCUT2D eigenvalue weighted by atomic mass is 10.0. The summed E-state index contributed by atoms with van der Waals surface area (Å²) in [5.41, 5.74) is 4.39. The Hall–Kier alpha value is -3.62. The second-order valence-electron chi connectivity index (χ2n) is 7.32. The highest BCUT2D eigenvalue weighted by Gasteiger charge is 2.26. The number of hydrogen-bond donors (Lipinski definition) is 3. The van der Waals surface area contributed by atoms with Gasteiger partial charge in [-0.15, -0.1) is 0 Å². The van der Waals surface area contributed by atoms with Gasteiger partial charge in [0, 0.05) is 0 Å². The summed E-state index contributed by atoms with van der Waals surface area (Å²) in [6, 6.07) is 11.2. The third kappa shape index (κ3) is 6.97. The maximum atomic E-state index is 13.8. The second kappa shape index (κ2) is 11.7. The fourth-order valence-corrected chi connectivity index (χ4v) is 2.74. The summed E-state index contributed by atoms with van der Waals surface area (Å²) in [7, 11) is 0. The molecule has 2 unspecified atom stereocenters. The number of carbonyl (C=O) groups excluding carboxylic acids is 3. The van der Waals surface area contributed by atoms with Crippen molar-refractivity contribution in [2.24, 2.45) is 5.92 Å². The highest BCUT2D eigenvalue weighted by atomic mass is 19.1. The molecule has 0 heterocycles. The van der Waals surface area contributed by atoms with E-state index in [4.69, 9.17) is 9.47 Å². The van der Waals surface area contributed by atoms with Crippen LogP contribution in [-0.4, -0.2) is 36.5 Å². The van der Waals surface area contributed by atoms with E-state index in [0.717, 1.165) is 6.07 Å². The molecule has 9 heteroatoms. The molecule has 2 atom stereocenters. The molecule has 0 bridgehead atoms. The van der Waals surface area contributed by atoms with E-state index in [9.17, 15) is 18.8 Å². The lowest BCUT2D eigenvalue weighted by Gasteiger charge is -2.22. The van der Waals surface area contributed by atoms with Gasteiger partial charge in [0.2, 0.25) is 0 Å². The van der Waals surface area contributed by atoms with E-state index in [2.05, 4.69) is 16.2 Å². The molecule has 32 heavy (non-hydrogen) atoms. The fourth-order valence-electron chi connectivity index (χ4n) is 2.74. The van der Waals surface area contributed by atoms with Crippen LogP contribution in [0, 0.1) is 11.7 Å². The van der Waals surface area contributed by atoms with Crippen molar-refractivity contribution >= 4 is 17.7 Å². The van der Waals surface area contributed by atoms with Crippen LogP contribution >= 0.6 is 0 Å². The summed E-state index contributed by atoms with van der Waals surface area (Å²) < 4.78 is 24.7. The number of hydrazine groups is 1. The topological polar surface area (TPSA) is 106 Å². The van der Waals surface area contributed by atoms with E-state index < -0.39 is 35.7 Å². The highest BCUT2D eigenvalue weighted by molar-refractivity contribution is 5.98. The number of ether oxygens (including phenoxy) is 2. The van der Waals surface area contributed by atoms with Crippen molar-refractivity contribution in [3.05, 3.63) is 59.9 Å². The SMILES string of the molecule is CCOc1ccc(OC(C)C(=O)NNC(=O)C(NC(=O)c2ccccc2F)C(C)C)cc1. The third-order valence-electron chi connectivity index (χ3n) is 4.48. The van der Waals surface area contributed by atoms with E-state index in [1.807, 2.05) is 6.92 Å². The fraction of sp³-hybridized carbons (Fsp3) is 0.348. The van der Waals surface area contributed by atoms with Gasteiger partial charge in [-0.05, 0) is 56.2 Å². The van der Waals surface area contributed by atoms with Gasteiger partial charge >= 0.3 is 0 Å². The molecule has 0 aromatic heterocycles. The molecule has 8 nitrogen and oxygen atoms in total. The van der Waals surface area contributed by atoms with Crippen LogP contribution < -0.4 is 25.6 Å². The van der Waals surface area contributed by atoms with Crippen molar-refractivity contribution in [2.45, 2.75) is 39.8 Å². The second-order valence-corrected chi connectivity index (χ2v) is 7.32. The Morgan fingerprint density at radius 1 is 0.906 bits per heavy atom. The smallest absolute Gasteiger partial charge is 0.279 e. The van der Waals surface area contributed by atoms with E-state index in [1.165, 1.54) is 25.1 Å². The van der Waals surface area contributed by atoms with E-state index in [-0.39, 0.29) is 11.5 Å². The number of halogens is 1. The molecule has 172 valence electrons. The largest absolute Gasteiger partial charge is 0.494 e. The average Bonchev–Trinajstić information content (AvgIpc) is 2.77. The van der Waals surface area contributed by atoms with Crippen LogP contribution in [0.15, 0.2) is 48.5 Å². The summed E-state index contributed by atoms with van der Waals surface area (Å²) in [5.74, 6) is -1.83. The minimum atomic E-state index is -0.996. The van der Waals surface area contributed by atoms with Crippen LogP contribution in [0.4, 0.5) is 4.39 Å². The van der Waals surface area contributed by atoms with Gasteiger partial charge in [-0.1, -0.05) is 26.0 Å². The van der Waals surface area contributed by atoms with Crippen LogP contribution in [0.3, 0.4) is 0 Å². The molecule has 0 aliphatic rings. The first-order valence-corrected chi connectivity index (χ1v) is 10.3. The van der Waals surface area contributed by atoms with Gasteiger partial charge in [0.25, 0.3) is 17.7 Å². The van der Waals surface area contributed by atoms with Crippen LogP contribution in [0.25, 0.3) is 0 Å². The number of nitrogens with one attached hydrogen (secondary N) is 3. The lowest BCUT2D eigenvalue weighted by molar-refractivity contribution is -0.133. The average molecular weight is 445 g/mol. The molecule has 0 fully saturated rings. The maximum Gasteiger partial charge on any atom is 0.279 e. The molecule has 0 saturated carbocycles. The van der Waals surface area contributed by atoms with E-state index in [1.54, 1.807) is 38.1 Å². The summed E-state index contributed by atoms with van der Waals surface area (Å²) in [4.78, 5) is 37.2. The third-order valence-corrected chi connectivity index (χ3v) is 4.48. The van der Waals surface area contributed by atoms with Crippen LogP contribution in [-0.2, 0) is 9.59 Å². The Labute approximate surface area is 186 Å². The minimum absolute atomic E-state index is 0.174. The van der Waals surface area contributed by atoms with Crippen LogP contribution in [0.2, 0.25) is 0 Å². The maximum absolute atomic E-state index is 13.8. The zero-order chi connectivity index (χ0) is 23.7. The molecule has 2 aromatic rings. The number of hydrogen-bond acceptors (Lipinski definition) is 5. The Balaban J connectivity index is 1.90. The van der Waals surface area contributed by atoms with Crippen LogP contribution in [0.5, 0.6) is 11.5 Å². The van der Waals surface area contributed by atoms with Crippen molar-refractivity contribution in [1.82, 2.24) is 16.2 Å². The molecule has 2 rings (SSSR count). The van der Waals surface area contributed by atoms with E-state index >= 15 is 0 Å². The van der Waals surface area contributed by atoms with Crippen molar-refractivity contribution in [2.75, 3.05) is 6.61 Å². The Morgan fingerprint density at radius 3 is 2.09 bits per heavy atom. The first-order chi connectivity index (χ1) is 15.2. The molecular formula is C23H28FN3O5. The number of amides is 3. The lowest BCUT2D eigenvalue weighted by Crippen LogP contribution is -2.56. The summed E-state index contributed by atoms with van der Waals surface area (Å²) in [6.45, 7) is 7.37. The molecular weight excluding hydrogens is 417 g/mol. The normalized spacial score (nSPS) is 12.4. The first-order valence-electron chi connectivity index (χ1n) is 10.3.